The van der Waals surface area contributed by atoms with Crippen LogP contribution in [0.5, 0.6) is 11.5 Å². The molecule has 0 fully saturated rings. The lowest BCUT2D eigenvalue weighted by Crippen LogP contribution is -2.13. The van der Waals surface area contributed by atoms with Gasteiger partial charge in [0, 0.05) is 11.6 Å². The third-order valence-corrected chi connectivity index (χ3v) is 3.79. The Morgan fingerprint density at radius 2 is 1.79 bits per heavy atom. The summed E-state index contributed by atoms with van der Waals surface area (Å²) >= 11 is 0. The average molecular weight is 324 g/mol. The lowest BCUT2D eigenvalue weighted by molar-refractivity contribution is -0.131. The van der Waals surface area contributed by atoms with Crippen LogP contribution in [0.25, 0.3) is 6.08 Å². The van der Waals surface area contributed by atoms with Crippen LogP contribution in [0.1, 0.15) is 44.4 Å². The first kappa shape index (κ1) is 17.8. The fraction of sp³-hybridized carbons (Fsp3) is 0.286. The number of carboxylic acids is 1. The number of aliphatic carboxylic acids is 1. The van der Waals surface area contributed by atoms with Crippen molar-refractivity contribution in [1.29, 1.82) is 0 Å². The molecule has 0 aliphatic heterocycles. The van der Waals surface area contributed by atoms with Crippen LogP contribution in [0.15, 0.2) is 48.5 Å². The zero-order chi connectivity index (χ0) is 17.7. The van der Waals surface area contributed by atoms with Crippen LogP contribution in [0, 0.1) is 0 Å². The molecule has 0 aromatic heterocycles. The molecule has 1 N–H and O–H groups in total. The van der Waals surface area contributed by atoms with Crippen molar-refractivity contribution in [1.82, 2.24) is 0 Å². The Morgan fingerprint density at radius 3 is 2.33 bits per heavy atom. The van der Waals surface area contributed by atoms with Crippen molar-refractivity contribution in [3.05, 3.63) is 65.2 Å². The topological polar surface area (TPSA) is 46.5 Å². The first-order valence-electron chi connectivity index (χ1n) is 8.12. The molecule has 0 spiro atoms. The van der Waals surface area contributed by atoms with Gasteiger partial charge >= 0.3 is 5.97 Å². The van der Waals surface area contributed by atoms with Crippen LogP contribution in [0.3, 0.4) is 0 Å². The third kappa shape index (κ3) is 4.72. The van der Waals surface area contributed by atoms with Gasteiger partial charge in [-0.05, 0) is 47.2 Å². The van der Waals surface area contributed by atoms with Gasteiger partial charge in [0.2, 0.25) is 0 Å². The second kappa shape index (κ2) is 7.35. The second-order valence-corrected chi connectivity index (χ2v) is 6.78. The first-order chi connectivity index (χ1) is 11.3. The molecule has 0 bridgehead atoms. The van der Waals surface area contributed by atoms with Gasteiger partial charge in [-0.15, -0.1) is 0 Å². The van der Waals surface area contributed by atoms with E-state index in [0.29, 0.717) is 0 Å². The summed E-state index contributed by atoms with van der Waals surface area (Å²) in [7, 11) is 0. The van der Waals surface area contributed by atoms with Crippen molar-refractivity contribution in [3.8, 4) is 11.5 Å². The maximum atomic E-state index is 10.6. The molecule has 0 saturated carbocycles. The van der Waals surface area contributed by atoms with Gasteiger partial charge in [-0.2, -0.15) is 0 Å². The lowest BCUT2D eigenvalue weighted by atomic mass is 9.85. The molecule has 0 aliphatic carbocycles. The molecule has 0 atom stereocenters. The van der Waals surface area contributed by atoms with Crippen LogP contribution < -0.4 is 4.74 Å². The third-order valence-electron chi connectivity index (χ3n) is 3.79. The number of aryl methyl sites for hydroxylation is 1. The van der Waals surface area contributed by atoms with Gasteiger partial charge in [-0.1, -0.05) is 52.0 Å². The number of carboxylic acid groups (broad SMARTS) is 1. The fourth-order valence-corrected chi connectivity index (χ4v) is 2.41. The second-order valence-electron chi connectivity index (χ2n) is 6.78. The summed E-state index contributed by atoms with van der Waals surface area (Å²) in [6.45, 7) is 8.67. The predicted molar refractivity (Wildman–Crippen MR) is 97.7 cm³/mol. The summed E-state index contributed by atoms with van der Waals surface area (Å²) < 4.78 is 6.08. The highest BCUT2D eigenvalue weighted by Gasteiger charge is 2.19. The Labute approximate surface area is 143 Å². The lowest BCUT2D eigenvalue weighted by Gasteiger charge is -2.23. The number of benzene rings is 2. The van der Waals surface area contributed by atoms with Gasteiger partial charge in [0.1, 0.15) is 11.5 Å². The molecule has 0 amide bonds. The van der Waals surface area contributed by atoms with Crippen molar-refractivity contribution in [2.24, 2.45) is 0 Å². The van der Waals surface area contributed by atoms with Crippen LogP contribution in [-0.4, -0.2) is 11.1 Å². The quantitative estimate of drug-likeness (QED) is 0.745. The van der Waals surface area contributed by atoms with E-state index < -0.39 is 5.97 Å². The molecule has 0 heterocycles. The van der Waals surface area contributed by atoms with E-state index >= 15 is 0 Å². The van der Waals surface area contributed by atoms with Gasteiger partial charge < -0.3 is 9.84 Å². The molecular weight excluding hydrogens is 300 g/mol. The van der Waals surface area contributed by atoms with Gasteiger partial charge in [0.25, 0.3) is 0 Å². The zero-order valence-electron chi connectivity index (χ0n) is 14.7. The summed E-state index contributed by atoms with van der Waals surface area (Å²) in [6, 6.07) is 13.7. The van der Waals surface area contributed by atoms with E-state index in [4.69, 9.17) is 9.84 Å². The van der Waals surface area contributed by atoms with Crippen LogP contribution in [0.2, 0.25) is 0 Å². The monoisotopic (exact) mass is 324 g/mol. The summed E-state index contributed by atoms with van der Waals surface area (Å²) in [4.78, 5) is 10.6. The van der Waals surface area contributed by atoms with Crippen molar-refractivity contribution in [3.63, 3.8) is 0 Å². The molecule has 0 aliphatic rings. The molecule has 0 saturated heterocycles. The smallest absolute Gasteiger partial charge is 0.328 e. The van der Waals surface area contributed by atoms with Crippen molar-refractivity contribution >= 4 is 12.0 Å². The normalized spacial score (nSPS) is 11.7. The van der Waals surface area contributed by atoms with E-state index in [2.05, 4.69) is 39.8 Å². The molecule has 2 rings (SSSR count). The number of rotatable bonds is 5. The average Bonchev–Trinajstić information content (AvgIpc) is 2.53. The summed E-state index contributed by atoms with van der Waals surface area (Å²) in [5.74, 6) is 0.631. The summed E-state index contributed by atoms with van der Waals surface area (Å²) in [6.07, 6.45) is 3.67. The largest absolute Gasteiger partial charge is 0.478 e. The summed E-state index contributed by atoms with van der Waals surface area (Å²) in [5.41, 5.74) is 3.28. The first-order valence-corrected chi connectivity index (χ1v) is 8.12. The molecular formula is C21H24O3. The van der Waals surface area contributed by atoms with E-state index in [-0.39, 0.29) is 5.41 Å². The molecule has 0 unspecified atom stereocenters. The molecule has 0 radical (unpaired) electrons. The minimum absolute atomic E-state index is 0.00925. The van der Waals surface area contributed by atoms with Crippen LogP contribution >= 0.6 is 0 Å². The Kier molecular flexibility index (Phi) is 5.45. The Hall–Kier alpha value is -2.55. The van der Waals surface area contributed by atoms with Gasteiger partial charge in [-0.3, -0.25) is 0 Å². The predicted octanol–water partition coefficient (Wildman–Crippen LogP) is 5.44. The Morgan fingerprint density at radius 1 is 1.12 bits per heavy atom. The SMILES string of the molecule is CCc1ccc(Oc2ccc(C=CC(=O)O)cc2)c(C(C)(C)C)c1. The number of hydrogen-bond acceptors (Lipinski definition) is 2. The number of hydrogen-bond donors (Lipinski definition) is 1. The van der Waals surface area contributed by atoms with E-state index in [9.17, 15) is 4.79 Å². The molecule has 126 valence electrons. The molecule has 3 nitrogen and oxygen atoms in total. The van der Waals surface area contributed by atoms with E-state index in [0.717, 1.165) is 29.6 Å². The fourth-order valence-electron chi connectivity index (χ4n) is 2.41. The highest BCUT2D eigenvalue weighted by atomic mass is 16.5. The minimum Gasteiger partial charge on any atom is -0.478 e. The maximum absolute atomic E-state index is 10.6. The van der Waals surface area contributed by atoms with E-state index in [1.54, 1.807) is 6.08 Å². The number of carbonyl (C=O) groups is 1. The Bertz CT molecular complexity index is 735. The van der Waals surface area contributed by atoms with Crippen molar-refractivity contribution in [2.75, 3.05) is 0 Å². The zero-order valence-corrected chi connectivity index (χ0v) is 14.7. The minimum atomic E-state index is -0.957. The summed E-state index contributed by atoms with van der Waals surface area (Å²) in [5, 5.41) is 8.66. The van der Waals surface area contributed by atoms with Gasteiger partial charge in [0.05, 0.1) is 0 Å². The van der Waals surface area contributed by atoms with Crippen molar-refractivity contribution < 1.29 is 14.6 Å². The number of ether oxygens (including phenoxy) is 1. The highest BCUT2D eigenvalue weighted by molar-refractivity contribution is 5.85. The van der Waals surface area contributed by atoms with Crippen molar-refractivity contribution in [2.45, 2.75) is 39.5 Å². The van der Waals surface area contributed by atoms with Crippen LogP contribution in [-0.2, 0) is 16.6 Å². The van der Waals surface area contributed by atoms with Gasteiger partial charge in [-0.25, -0.2) is 4.79 Å². The van der Waals surface area contributed by atoms with E-state index in [1.807, 2.05) is 30.3 Å². The van der Waals surface area contributed by atoms with E-state index in [1.165, 1.54) is 11.1 Å². The Balaban J connectivity index is 2.26. The highest BCUT2D eigenvalue weighted by Crippen LogP contribution is 2.35. The molecule has 24 heavy (non-hydrogen) atoms. The standard InChI is InChI=1S/C21H24O3/c1-5-15-8-12-19(18(14-15)21(2,3)4)24-17-10-6-16(7-11-17)9-13-20(22)23/h6-14H,5H2,1-4H3,(H,22,23). The molecule has 2 aromatic carbocycles. The molecule has 3 heteroatoms. The van der Waals surface area contributed by atoms with Crippen LogP contribution in [0.4, 0.5) is 0 Å². The van der Waals surface area contributed by atoms with Gasteiger partial charge in [0.15, 0.2) is 0 Å². The maximum Gasteiger partial charge on any atom is 0.328 e. The molecule has 2 aromatic rings.